The van der Waals surface area contributed by atoms with Crippen LogP contribution in [0.25, 0.3) is 0 Å². The first-order valence-electron chi connectivity index (χ1n) is 5.57. The summed E-state index contributed by atoms with van der Waals surface area (Å²) in [5.41, 5.74) is 1.47. The van der Waals surface area contributed by atoms with Gasteiger partial charge in [-0.15, -0.1) is 0 Å². The number of nitrogens with zero attached hydrogens (tertiary/aromatic N) is 1. The Bertz CT molecular complexity index is 434. The molecular formula is C12H18N2O4. The van der Waals surface area contributed by atoms with E-state index in [-0.39, 0.29) is 30.6 Å². The molecule has 1 aromatic heterocycles. The van der Waals surface area contributed by atoms with Crippen LogP contribution in [0, 0.1) is 13.8 Å². The fraction of sp³-hybridized carbons (Fsp3) is 0.500. The molecule has 6 nitrogen and oxygen atoms in total. The zero-order valence-electron chi connectivity index (χ0n) is 10.7. The van der Waals surface area contributed by atoms with Crippen LogP contribution in [0.4, 0.5) is 5.82 Å². The number of methoxy groups -OCH3 is 1. The van der Waals surface area contributed by atoms with Crippen LogP contribution < -0.4 is 5.32 Å². The van der Waals surface area contributed by atoms with Gasteiger partial charge < -0.3 is 20.3 Å². The monoisotopic (exact) mass is 254 g/mol. The summed E-state index contributed by atoms with van der Waals surface area (Å²) in [6, 6.07) is 1.32. The lowest BCUT2D eigenvalue weighted by Crippen LogP contribution is -2.30. The Hall–Kier alpha value is -1.66. The summed E-state index contributed by atoms with van der Waals surface area (Å²) < 4.78 is 4.93. The lowest BCUT2D eigenvalue weighted by molar-refractivity contribution is 0.0696. The number of aromatic nitrogens is 1. The molecule has 0 saturated carbocycles. The highest BCUT2D eigenvalue weighted by Gasteiger charge is 2.18. The van der Waals surface area contributed by atoms with Crippen LogP contribution in [0.5, 0.6) is 0 Å². The Morgan fingerprint density at radius 3 is 2.72 bits per heavy atom. The molecule has 1 rings (SSSR count). The maximum absolute atomic E-state index is 11.2. The van der Waals surface area contributed by atoms with Gasteiger partial charge in [0, 0.05) is 12.8 Å². The lowest BCUT2D eigenvalue weighted by atomic mass is 10.1. The average molecular weight is 254 g/mol. The van der Waals surface area contributed by atoms with E-state index in [4.69, 9.17) is 9.84 Å². The second-order valence-electron chi connectivity index (χ2n) is 4.09. The van der Waals surface area contributed by atoms with Crippen LogP contribution in [-0.2, 0) is 4.74 Å². The van der Waals surface area contributed by atoms with E-state index < -0.39 is 5.97 Å². The summed E-state index contributed by atoms with van der Waals surface area (Å²) in [5, 5.41) is 21.2. The molecule has 0 saturated heterocycles. The molecule has 0 aliphatic rings. The number of carboxylic acids is 1. The van der Waals surface area contributed by atoms with Gasteiger partial charge >= 0.3 is 5.97 Å². The number of nitrogens with one attached hydrogen (secondary N) is 1. The molecular weight excluding hydrogens is 236 g/mol. The Morgan fingerprint density at radius 2 is 2.22 bits per heavy atom. The SMILES string of the molecule is COCC(CO)Nc1nc(C)cc(C)c1C(=O)O. The van der Waals surface area contributed by atoms with Gasteiger partial charge in [-0.2, -0.15) is 0 Å². The molecule has 0 aliphatic carbocycles. The minimum Gasteiger partial charge on any atom is -0.478 e. The van der Waals surface area contributed by atoms with Crippen molar-refractivity contribution in [3.05, 3.63) is 22.9 Å². The van der Waals surface area contributed by atoms with E-state index in [9.17, 15) is 9.90 Å². The molecule has 1 atom stereocenters. The molecule has 1 heterocycles. The molecule has 0 amide bonds. The number of anilines is 1. The van der Waals surface area contributed by atoms with Gasteiger partial charge in [0.05, 0.1) is 19.3 Å². The molecule has 0 aromatic carbocycles. The summed E-state index contributed by atoms with van der Waals surface area (Å²) >= 11 is 0. The number of rotatable bonds is 6. The van der Waals surface area contributed by atoms with Crippen LogP contribution in [0.15, 0.2) is 6.07 Å². The first-order chi connectivity index (χ1) is 8.49. The zero-order valence-corrected chi connectivity index (χ0v) is 10.7. The molecule has 1 unspecified atom stereocenters. The Balaban J connectivity index is 3.09. The van der Waals surface area contributed by atoms with Gasteiger partial charge in [-0.1, -0.05) is 0 Å². The first-order valence-corrected chi connectivity index (χ1v) is 5.57. The normalized spacial score (nSPS) is 12.2. The minimum atomic E-state index is -1.04. The van der Waals surface area contributed by atoms with Crippen molar-refractivity contribution in [2.24, 2.45) is 0 Å². The fourth-order valence-corrected chi connectivity index (χ4v) is 1.75. The number of carboxylic acid groups (broad SMARTS) is 1. The summed E-state index contributed by atoms with van der Waals surface area (Å²) in [4.78, 5) is 15.4. The minimum absolute atomic E-state index is 0.121. The van der Waals surface area contributed by atoms with E-state index in [0.717, 1.165) is 0 Å². The predicted octanol–water partition coefficient (Wildman–Crippen LogP) is 0.816. The molecule has 18 heavy (non-hydrogen) atoms. The molecule has 0 radical (unpaired) electrons. The number of aliphatic hydroxyl groups is 1. The van der Waals surface area contributed by atoms with Crippen LogP contribution in [0.1, 0.15) is 21.6 Å². The second kappa shape index (κ2) is 6.32. The lowest BCUT2D eigenvalue weighted by Gasteiger charge is -2.18. The quantitative estimate of drug-likeness (QED) is 0.696. The molecule has 0 aliphatic heterocycles. The van der Waals surface area contributed by atoms with Gasteiger partial charge in [0.2, 0.25) is 0 Å². The van der Waals surface area contributed by atoms with Gasteiger partial charge in [0.1, 0.15) is 11.4 Å². The third kappa shape index (κ3) is 3.41. The summed E-state index contributed by atoms with van der Waals surface area (Å²) in [6.45, 7) is 3.60. The van der Waals surface area contributed by atoms with Crippen LogP contribution >= 0.6 is 0 Å². The summed E-state index contributed by atoms with van der Waals surface area (Å²) in [7, 11) is 1.51. The third-order valence-electron chi connectivity index (χ3n) is 2.49. The average Bonchev–Trinajstić information content (AvgIpc) is 2.26. The van der Waals surface area contributed by atoms with E-state index >= 15 is 0 Å². The Kier molecular flexibility index (Phi) is 5.06. The maximum Gasteiger partial charge on any atom is 0.339 e. The smallest absolute Gasteiger partial charge is 0.339 e. The topological polar surface area (TPSA) is 91.7 Å². The van der Waals surface area contributed by atoms with Crippen molar-refractivity contribution in [3.8, 4) is 0 Å². The predicted molar refractivity (Wildman–Crippen MR) is 67.0 cm³/mol. The molecule has 0 spiro atoms. The zero-order chi connectivity index (χ0) is 13.7. The van der Waals surface area contributed by atoms with E-state index in [2.05, 4.69) is 10.3 Å². The summed E-state index contributed by atoms with van der Waals surface area (Å²) in [6.07, 6.45) is 0. The van der Waals surface area contributed by atoms with Crippen molar-refractivity contribution in [3.63, 3.8) is 0 Å². The van der Waals surface area contributed by atoms with Gasteiger partial charge in [0.25, 0.3) is 0 Å². The third-order valence-corrected chi connectivity index (χ3v) is 2.49. The number of pyridine rings is 1. The highest BCUT2D eigenvalue weighted by Crippen LogP contribution is 2.19. The fourth-order valence-electron chi connectivity index (χ4n) is 1.75. The van der Waals surface area contributed by atoms with Crippen molar-refractivity contribution in [1.82, 2.24) is 4.98 Å². The number of aromatic carboxylic acids is 1. The number of ether oxygens (including phenoxy) is 1. The van der Waals surface area contributed by atoms with Crippen LogP contribution in [0.2, 0.25) is 0 Å². The molecule has 6 heteroatoms. The van der Waals surface area contributed by atoms with Crippen molar-refractivity contribution in [2.75, 3.05) is 25.6 Å². The van der Waals surface area contributed by atoms with Crippen LogP contribution in [0.3, 0.4) is 0 Å². The van der Waals surface area contributed by atoms with Gasteiger partial charge in [-0.05, 0) is 25.5 Å². The van der Waals surface area contributed by atoms with Crippen molar-refractivity contribution < 1.29 is 19.7 Å². The number of hydrogen-bond donors (Lipinski definition) is 3. The van der Waals surface area contributed by atoms with E-state index in [0.29, 0.717) is 11.3 Å². The molecule has 100 valence electrons. The maximum atomic E-state index is 11.2. The van der Waals surface area contributed by atoms with E-state index in [1.807, 2.05) is 0 Å². The number of aliphatic hydroxyl groups excluding tert-OH is 1. The highest BCUT2D eigenvalue weighted by atomic mass is 16.5. The summed E-state index contributed by atoms with van der Waals surface area (Å²) in [5.74, 6) is -0.785. The van der Waals surface area contributed by atoms with Crippen molar-refractivity contribution >= 4 is 11.8 Å². The van der Waals surface area contributed by atoms with Gasteiger partial charge in [-0.3, -0.25) is 0 Å². The molecule has 0 fully saturated rings. The largest absolute Gasteiger partial charge is 0.478 e. The highest BCUT2D eigenvalue weighted by molar-refractivity contribution is 5.94. The Morgan fingerprint density at radius 1 is 1.56 bits per heavy atom. The first kappa shape index (κ1) is 14.4. The molecule has 1 aromatic rings. The number of hydrogen-bond acceptors (Lipinski definition) is 5. The van der Waals surface area contributed by atoms with Gasteiger partial charge in [0.15, 0.2) is 0 Å². The standard InChI is InChI=1S/C12H18N2O4/c1-7-4-8(2)13-11(10(7)12(16)17)14-9(5-15)6-18-3/h4,9,15H,5-6H2,1-3H3,(H,13,14)(H,16,17). The molecule has 3 N–H and O–H groups in total. The molecule has 0 bridgehead atoms. The number of aryl methyl sites for hydroxylation is 2. The van der Waals surface area contributed by atoms with E-state index in [1.165, 1.54) is 7.11 Å². The van der Waals surface area contributed by atoms with E-state index in [1.54, 1.807) is 19.9 Å². The second-order valence-corrected chi connectivity index (χ2v) is 4.09. The number of carbonyl (C=O) groups is 1. The van der Waals surface area contributed by atoms with Crippen molar-refractivity contribution in [1.29, 1.82) is 0 Å². The van der Waals surface area contributed by atoms with Crippen LogP contribution in [-0.4, -0.2) is 47.5 Å². The Labute approximate surface area is 106 Å². The van der Waals surface area contributed by atoms with Crippen molar-refractivity contribution in [2.45, 2.75) is 19.9 Å². The van der Waals surface area contributed by atoms with Gasteiger partial charge in [-0.25, -0.2) is 9.78 Å².